The van der Waals surface area contributed by atoms with Crippen LogP contribution in [-0.2, 0) is 0 Å². The lowest BCUT2D eigenvalue weighted by atomic mass is 10.2. The van der Waals surface area contributed by atoms with Crippen LogP contribution in [0.15, 0.2) is 0 Å². The molecule has 0 aliphatic carbocycles. The molecule has 0 bridgehead atoms. The summed E-state index contributed by atoms with van der Waals surface area (Å²) >= 11 is 0. The first-order chi connectivity index (χ1) is 2.81. The third-order valence-electron chi connectivity index (χ3n) is 0.805. The fourth-order valence-corrected chi connectivity index (χ4v) is 0.0962. The van der Waals surface area contributed by atoms with E-state index in [-0.39, 0.29) is 4.70 Å². The summed E-state index contributed by atoms with van der Waals surface area (Å²) in [6.07, 6.45) is 0. The summed E-state index contributed by atoms with van der Waals surface area (Å²) in [5.41, 5.74) is 10.4. The Morgan fingerprint density at radius 3 is 1.57 bits per heavy atom. The molecule has 0 heterocycles. The van der Waals surface area contributed by atoms with Crippen LogP contribution in [0.25, 0.3) is 0 Å². The molecule has 0 aromatic carbocycles. The van der Waals surface area contributed by atoms with Gasteiger partial charge in [0.15, 0.2) is 0 Å². The zero-order chi connectivity index (χ0) is 4.99. The van der Waals surface area contributed by atoms with Crippen LogP contribution in [-0.4, -0.2) is 13.1 Å². The third-order valence-corrected chi connectivity index (χ3v) is 0.805. The minimum absolute atomic E-state index is 0. The lowest BCUT2D eigenvalue weighted by molar-refractivity contribution is 0.608. The Labute approximate surface area is 43.2 Å². The molecule has 0 aromatic rings. The van der Waals surface area contributed by atoms with Gasteiger partial charge in [-0.15, -0.1) is 0 Å². The molecule has 46 valence electrons. The fraction of sp³-hybridized carbons (Fsp3) is 1.00. The van der Waals surface area contributed by atoms with Crippen LogP contribution in [0.4, 0.5) is 4.70 Å². The zero-order valence-electron chi connectivity index (χ0n) is 4.55. The lowest BCUT2D eigenvalue weighted by Crippen LogP contribution is -2.19. The van der Waals surface area contributed by atoms with Gasteiger partial charge in [-0.3, -0.25) is 4.70 Å². The minimum Gasteiger partial charge on any atom is -0.330 e. The van der Waals surface area contributed by atoms with Crippen LogP contribution in [0.1, 0.15) is 6.92 Å². The van der Waals surface area contributed by atoms with E-state index >= 15 is 0 Å². The van der Waals surface area contributed by atoms with E-state index in [4.69, 9.17) is 11.5 Å². The average molecular weight is 108 g/mol. The predicted octanol–water partition coefficient (Wildman–Crippen LogP) is -0.308. The van der Waals surface area contributed by atoms with Crippen molar-refractivity contribution in [3.8, 4) is 0 Å². The molecule has 4 N–H and O–H groups in total. The summed E-state index contributed by atoms with van der Waals surface area (Å²) < 4.78 is 0. The third kappa shape index (κ3) is 5.85. The van der Waals surface area contributed by atoms with Crippen LogP contribution in [0.2, 0.25) is 0 Å². The van der Waals surface area contributed by atoms with Crippen LogP contribution in [0.5, 0.6) is 0 Å². The quantitative estimate of drug-likeness (QED) is 0.510. The number of hydrogen-bond donors (Lipinski definition) is 2. The molecular weight excluding hydrogens is 95.1 g/mol. The monoisotopic (exact) mass is 108 g/mol. The topological polar surface area (TPSA) is 52.0 Å². The summed E-state index contributed by atoms with van der Waals surface area (Å²) in [7, 11) is 0. The molecule has 0 aliphatic rings. The van der Waals surface area contributed by atoms with Gasteiger partial charge in [-0.25, -0.2) is 0 Å². The number of nitrogens with two attached hydrogens (primary N) is 2. The normalized spacial score (nSPS) is 8.57. The van der Waals surface area contributed by atoms with E-state index in [9.17, 15) is 0 Å². The predicted molar refractivity (Wildman–Crippen MR) is 29.8 cm³/mol. The summed E-state index contributed by atoms with van der Waals surface area (Å²) in [5, 5.41) is 0. The van der Waals surface area contributed by atoms with Crippen molar-refractivity contribution in [3.63, 3.8) is 0 Å². The number of halogens is 1. The molecule has 7 heavy (non-hydrogen) atoms. The summed E-state index contributed by atoms with van der Waals surface area (Å²) in [5.74, 6) is 0.491. The van der Waals surface area contributed by atoms with Gasteiger partial charge in [0, 0.05) is 0 Å². The Morgan fingerprint density at radius 2 is 1.57 bits per heavy atom. The van der Waals surface area contributed by atoms with Gasteiger partial charge >= 0.3 is 0 Å². The molecule has 0 rings (SSSR count). The van der Waals surface area contributed by atoms with Crippen molar-refractivity contribution in [1.29, 1.82) is 0 Å². The summed E-state index contributed by atoms with van der Waals surface area (Å²) in [6.45, 7) is 3.44. The van der Waals surface area contributed by atoms with Crippen molar-refractivity contribution in [2.45, 2.75) is 6.92 Å². The molecule has 0 unspecified atom stereocenters. The average Bonchev–Trinajstić information content (AvgIpc) is 1.65. The molecule has 0 amide bonds. The minimum atomic E-state index is 0. The van der Waals surface area contributed by atoms with Gasteiger partial charge in [-0.2, -0.15) is 0 Å². The van der Waals surface area contributed by atoms with Crippen molar-refractivity contribution in [1.82, 2.24) is 0 Å². The fourth-order valence-electron chi connectivity index (χ4n) is 0.0962. The van der Waals surface area contributed by atoms with E-state index < -0.39 is 0 Å². The number of rotatable bonds is 2. The molecule has 0 atom stereocenters. The van der Waals surface area contributed by atoms with Gasteiger partial charge in [0.2, 0.25) is 0 Å². The largest absolute Gasteiger partial charge is 0.330 e. The van der Waals surface area contributed by atoms with Crippen LogP contribution in [0, 0.1) is 5.92 Å². The van der Waals surface area contributed by atoms with Gasteiger partial charge in [-0.05, 0) is 19.0 Å². The maximum atomic E-state index is 5.20. The van der Waals surface area contributed by atoms with Crippen molar-refractivity contribution in [2.24, 2.45) is 17.4 Å². The first-order valence-electron chi connectivity index (χ1n) is 2.21. The SMILES string of the molecule is CC(CN)CN.F. The Bertz CT molecular complexity index is 28.9. The Balaban J connectivity index is 0. The van der Waals surface area contributed by atoms with E-state index in [1.165, 1.54) is 0 Å². The number of hydrogen-bond acceptors (Lipinski definition) is 2. The smallest absolute Gasteiger partial charge is 0.00395 e. The standard InChI is InChI=1S/C4H12N2.FH/c1-4(2-5)3-6;/h4H,2-3,5-6H2,1H3;1H. The highest BCUT2D eigenvalue weighted by Crippen LogP contribution is 1.81. The van der Waals surface area contributed by atoms with Gasteiger partial charge in [0.1, 0.15) is 0 Å². The van der Waals surface area contributed by atoms with E-state index in [1.54, 1.807) is 0 Å². The van der Waals surface area contributed by atoms with Crippen LogP contribution >= 0.6 is 0 Å². The molecule has 0 fully saturated rings. The van der Waals surface area contributed by atoms with Crippen molar-refractivity contribution < 1.29 is 4.70 Å². The molecule has 0 aromatic heterocycles. The Hall–Kier alpha value is -0.150. The molecule has 3 heteroatoms. The Morgan fingerprint density at radius 1 is 1.29 bits per heavy atom. The van der Waals surface area contributed by atoms with E-state index in [1.807, 2.05) is 6.92 Å². The summed E-state index contributed by atoms with van der Waals surface area (Å²) in [4.78, 5) is 0. The second-order valence-electron chi connectivity index (χ2n) is 1.58. The maximum Gasteiger partial charge on any atom is -0.00395 e. The van der Waals surface area contributed by atoms with Crippen LogP contribution < -0.4 is 11.5 Å². The van der Waals surface area contributed by atoms with Crippen molar-refractivity contribution in [3.05, 3.63) is 0 Å². The second-order valence-corrected chi connectivity index (χ2v) is 1.58. The summed E-state index contributed by atoms with van der Waals surface area (Å²) in [6, 6.07) is 0. The highest BCUT2D eigenvalue weighted by atomic mass is 19.0. The highest BCUT2D eigenvalue weighted by molar-refractivity contribution is 4.49. The highest BCUT2D eigenvalue weighted by Gasteiger charge is 1.89. The first-order valence-corrected chi connectivity index (χ1v) is 2.21. The van der Waals surface area contributed by atoms with E-state index in [0.29, 0.717) is 19.0 Å². The van der Waals surface area contributed by atoms with E-state index in [2.05, 4.69) is 0 Å². The second kappa shape index (κ2) is 5.85. The molecule has 0 radical (unpaired) electrons. The van der Waals surface area contributed by atoms with Crippen molar-refractivity contribution >= 4 is 0 Å². The molecular formula is C4H13FN2. The zero-order valence-corrected chi connectivity index (χ0v) is 4.55. The van der Waals surface area contributed by atoms with Crippen molar-refractivity contribution in [2.75, 3.05) is 13.1 Å². The van der Waals surface area contributed by atoms with Gasteiger partial charge < -0.3 is 11.5 Å². The molecule has 2 nitrogen and oxygen atoms in total. The maximum absolute atomic E-state index is 5.20. The van der Waals surface area contributed by atoms with Gasteiger partial charge in [-0.1, -0.05) is 6.92 Å². The molecule has 0 aliphatic heterocycles. The van der Waals surface area contributed by atoms with E-state index in [0.717, 1.165) is 0 Å². The molecule has 0 saturated carbocycles. The molecule has 0 spiro atoms. The van der Waals surface area contributed by atoms with Crippen LogP contribution in [0.3, 0.4) is 0 Å². The lowest BCUT2D eigenvalue weighted by Gasteiger charge is -1.99. The Kier molecular flexibility index (Phi) is 8.33. The first kappa shape index (κ1) is 9.97. The van der Waals surface area contributed by atoms with Gasteiger partial charge in [0.05, 0.1) is 0 Å². The van der Waals surface area contributed by atoms with Gasteiger partial charge in [0.25, 0.3) is 0 Å². The molecule has 0 saturated heterocycles.